The lowest BCUT2D eigenvalue weighted by Crippen LogP contribution is -2.14. The minimum Gasteiger partial charge on any atom is -0.836 e. The van der Waals surface area contributed by atoms with Crippen LogP contribution in [0.3, 0.4) is 0 Å². The van der Waals surface area contributed by atoms with E-state index in [0.29, 0.717) is 0 Å². The molecule has 0 saturated heterocycles. The highest BCUT2D eigenvalue weighted by molar-refractivity contribution is 4.31. The molecular weight excluding hydrogens is 96.0 g/mol. The summed E-state index contributed by atoms with van der Waals surface area (Å²) in [6.45, 7) is -0.458. The molecule has 0 aliphatic carbocycles. The van der Waals surface area contributed by atoms with Crippen molar-refractivity contribution in [3.05, 3.63) is 6.33 Å². The fourth-order valence-electron chi connectivity index (χ4n) is 0.248. The van der Waals surface area contributed by atoms with Crippen LogP contribution in [-0.2, 0) is 6.73 Å². The minimum atomic E-state index is -0.458. The van der Waals surface area contributed by atoms with E-state index >= 15 is 0 Å². The average molecular weight is 99.1 g/mol. The molecule has 0 aliphatic rings. The molecule has 7 heavy (non-hydrogen) atoms. The van der Waals surface area contributed by atoms with E-state index in [1.54, 1.807) is 0 Å². The first-order valence-electron chi connectivity index (χ1n) is 1.72. The number of rotatable bonds is 1. The minimum absolute atomic E-state index is 0.458. The summed E-state index contributed by atoms with van der Waals surface area (Å²) in [6.07, 6.45) is 1.22. The van der Waals surface area contributed by atoms with Crippen molar-refractivity contribution in [2.45, 2.75) is 6.73 Å². The summed E-state index contributed by atoms with van der Waals surface area (Å²) < 4.78 is 0. The van der Waals surface area contributed by atoms with Crippen LogP contribution in [-0.4, -0.2) is 20.2 Å². The molecule has 0 N–H and O–H groups in total. The molecule has 0 aliphatic heterocycles. The van der Waals surface area contributed by atoms with Crippen LogP contribution in [0.4, 0.5) is 0 Å². The van der Waals surface area contributed by atoms with E-state index in [-0.39, 0.29) is 0 Å². The summed E-state index contributed by atoms with van der Waals surface area (Å²) in [5, 5.41) is 19.8. The summed E-state index contributed by atoms with van der Waals surface area (Å²) in [6, 6.07) is 0. The van der Waals surface area contributed by atoms with Gasteiger partial charge in [-0.1, -0.05) is 0 Å². The van der Waals surface area contributed by atoms with Crippen molar-refractivity contribution >= 4 is 0 Å². The standard InChI is InChI=1S/C2H3N4O/c7-2-6-4-1-3-5-6/h1H,2H2/q-1. The quantitative estimate of drug-likeness (QED) is 0.408. The highest BCUT2D eigenvalue weighted by Gasteiger charge is 1.75. The van der Waals surface area contributed by atoms with Gasteiger partial charge in [0.2, 0.25) is 0 Å². The Balaban J connectivity index is 2.76. The van der Waals surface area contributed by atoms with E-state index in [4.69, 9.17) is 0 Å². The van der Waals surface area contributed by atoms with Gasteiger partial charge in [-0.15, -0.1) is 10.2 Å². The van der Waals surface area contributed by atoms with E-state index in [9.17, 15) is 5.11 Å². The van der Waals surface area contributed by atoms with E-state index in [0.717, 1.165) is 4.80 Å². The normalized spacial score (nSPS) is 9.29. The summed E-state index contributed by atoms with van der Waals surface area (Å²) in [5.74, 6) is 0. The van der Waals surface area contributed by atoms with Crippen molar-refractivity contribution < 1.29 is 5.11 Å². The molecule has 38 valence electrons. The molecule has 0 saturated carbocycles. The molecule has 0 fully saturated rings. The maximum atomic E-state index is 9.79. The van der Waals surface area contributed by atoms with E-state index in [2.05, 4.69) is 15.4 Å². The molecule has 5 heteroatoms. The SMILES string of the molecule is [O-]Cn1ncnn1. The number of hydrogen-bond donors (Lipinski definition) is 0. The van der Waals surface area contributed by atoms with Crippen LogP contribution in [0.2, 0.25) is 0 Å². The van der Waals surface area contributed by atoms with E-state index < -0.39 is 6.73 Å². The lowest BCUT2D eigenvalue weighted by Gasteiger charge is -1.96. The van der Waals surface area contributed by atoms with Gasteiger partial charge in [0.1, 0.15) is 0 Å². The van der Waals surface area contributed by atoms with Crippen molar-refractivity contribution in [1.82, 2.24) is 20.2 Å². The second-order valence-electron chi connectivity index (χ2n) is 0.937. The Hall–Kier alpha value is -0.970. The maximum absolute atomic E-state index is 9.79. The fraction of sp³-hybridized carbons (Fsp3) is 0.500. The van der Waals surface area contributed by atoms with E-state index in [1.165, 1.54) is 6.33 Å². The predicted octanol–water partition coefficient (Wildman–Crippen LogP) is -2.01. The van der Waals surface area contributed by atoms with Gasteiger partial charge in [0.15, 0.2) is 6.33 Å². The molecule has 1 aromatic rings. The zero-order chi connectivity index (χ0) is 5.11. The summed E-state index contributed by atoms with van der Waals surface area (Å²) in [4.78, 5) is 0.958. The van der Waals surface area contributed by atoms with Crippen LogP contribution < -0.4 is 5.11 Å². The predicted molar refractivity (Wildman–Crippen MR) is 17.8 cm³/mol. The second-order valence-corrected chi connectivity index (χ2v) is 0.937. The third-order valence-electron chi connectivity index (χ3n) is 0.507. The Morgan fingerprint density at radius 3 is 2.86 bits per heavy atom. The van der Waals surface area contributed by atoms with Gasteiger partial charge in [-0.3, -0.25) is 0 Å². The van der Waals surface area contributed by atoms with Gasteiger partial charge in [0, 0.05) is 0 Å². The molecule has 1 heterocycles. The van der Waals surface area contributed by atoms with Gasteiger partial charge in [0.25, 0.3) is 0 Å². The maximum Gasteiger partial charge on any atom is 0.161 e. The van der Waals surface area contributed by atoms with Crippen LogP contribution >= 0.6 is 0 Å². The van der Waals surface area contributed by atoms with Crippen molar-refractivity contribution in [1.29, 1.82) is 0 Å². The van der Waals surface area contributed by atoms with E-state index in [1.807, 2.05) is 0 Å². The zero-order valence-electron chi connectivity index (χ0n) is 3.48. The molecular formula is C2H3N4O-. The topological polar surface area (TPSA) is 66.7 Å². The smallest absolute Gasteiger partial charge is 0.161 e. The largest absolute Gasteiger partial charge is 0.836 e. The monoisotopic (exact) mass is 99.0 g/mol. The Morgan fingerprint density at radius 1 is 1.71 bits per heavy atom. The first-order valence-corrected chi connectivity index (χ1v) is 1.72. The lowest BCUT2D eigenvalue weighted by atomic mass is 11.3. The third-order valence-corrected chi connectivity index (χ3v) is 0.507. The van der Waals surface area contributed by atoms with Gasteiger partial charge in [-0.25, -0.2) is 0 Å². The molecule has 1 rings (SSSR count). The van der Waals surface area contributed by atoms with Crippen LogP contribution in [0, 0.1) is 0 Å². The van der Waals surface area contributed by atoms with Gasteiger partial charge >= 0.3 is 0 Å². The Labute approximate surface area is 39.6 Å². The molecule has 0 atom stereocenters. The molecule has 0 unspecified atom stereocenters. The second kappa shape index (κ2) is 1.65. The summed E-state index contributed by atoms with van der Waals surface area (Å²) in [5.41, 5.74) is 0. The lowest BCUT2D eigenvalue weighted by molar-refractivity contribution is -0.413. The highest BCUT2D eigenvalue weighted by atomic mass is 16.3. The molecule has 0 amide bonds. The third kappa shape index (κ3) is 0.716. The first kappa shape index (κ1) is 4.20. The summed E-state index contributed by atoms with van der Waals surface area (Å²) >= 11 is 0. The average Bonchev–Trinajstić information content (AvgIpc) is 2.14. The number of tetrazole rings is 1. The van der Waals surface area contributed by atoms with Crippen LogP contribution in [0.1, 0.15) is 0 Å². The van der Waals surface area contributed by atoms with Gasteiger partial charge in [-0.2, -0.15) is 4.80 Å². The summed E-state index contributed by atoms with van der Waals surface area (Å²) in [7, 11) is 0. The molecule has 0 radical (unpaired) electrons. The fourth-order valence-corrected chi connectivity index (χ4v) is 0.248. The van der Waals surface area contributed by atoms with Crippen LogP contribution in [0.5, 0.6) is 0 Å². The Kier molecular flexibility index (Phi) is 0.991. The zero-order valence-corrected chi connectivity index (χ0v) is 3.48. The van der Waals surface area contributed by atoms with Gasteiger partial charge < -0.3 is 5.11 Å². The van der Waals surface area contributed by atoms with Crippen molar-refractivity contribution in [2.24, 2.45) is 0 Å². The van der Waals surface area contributed by atoms with Crippen molar-refractivity contribution in [3.8, 4) is 0 Å². The molecule has 0 aromatic carbocycles. The molecule has 5 nitrogen and oxygen atoms in total. The number of hydrogen-bond acceptors (Lipinski definition) is 4. The molecule has 0 bridgehead atoms. The highest BCUT2D eigenvalue weighted by Crippen LogP contribution is 1.61. The van der Waals surface area contributed by atoms with Gasteiger partial charge in [0.05, 0.1) is 0 Å². The number of aromatic nitrogens is 4. The first-order chi connectivity index (χ1) is 3.43. The van der Waals surface area contributed by atoms with Crippen LogP contribution in [0.15, 0.2) is 6.33 Å². The number of nitrogens with zero attached hydrogens (tertiary/aromatic N) is 4. The Bertz CT molecular complexity index is 124. The Morgan fingerprint density at radius 2 is 2.57 bits per heavy atom. The van der Waals surface area contributed by atoms with Crippen molar-refractivity contribution in [2.75, 3.05) is 0 Å². The van der Waals surface area contributed by atoms with Gasteiger partial charge in [-0.05, 0) is 11.9 Å². The van der Waals surface area contributed by atoms with Crippen LogP contribution in [0.25, 0.3) is 0 Å². The molecule has 0 spiro atoms. The molecule has 1 aromatic heterocycles. The van der Waals surface area contributed by atoms with Crippen molar-refractivity contribution in [3.63, 3.8) is 0 Å².